The molecule has 0 saturated carbocycles. The summed E-state index contributed by atoms with van der Waals surface area (Å²) in [5, 5.41) is 0. The smallest absolute Gasteiger partial charge is 0.0578 e. The van der Waals surface area contributed by atoms with Crippen LogP contribution in [0.3, 0.4) is 0 Å². The molecule has 2 heteroatoms. The van der Waals surface area contributed by atoms with Crippen LogP contribution >= 0.6 is 0 Å². The molecule has 132 valence electrons. The predicted octanol–water partition coefficient (Wildman–Crippen LogP) is 5.03. The Balaban J connectivity index is 1.94. The van der Waals surface area contributed by atoms with Crippen LogP contribution < -0.4 is 0 Å². The van der Waals surface area contributed by atoms with Crippen molar-refractivity contribution < 1.29 is 0 Å². The minimum Gasteiger partial charge on any atom is -0.294 e. The van der Waals surface area contributed by atoms with Crippen molar-refractivity contribution in [3.05, 3.63) is 47.5 Å². The zero-order chi connectivity index (χ0) is 17.0. The van der Waals surface area contributed by atoms with Gasteiger partial charge >= 0.3 is 0 Å². The molecule has 2 heterocycles. The molecule has 0 radical (unpaired) electrons. The minimum atomic E-state index is 0.123. The number of likely N-dealkylation sites (tertiary alicyclic amines) is 2. The number of allylic oxidation sites excluding steroid dienone is 1. The summed E-state index contributed by atoms with van der Waals surface area (Å²) in [6.07, 6.45) is 9.17. The number of benzene rings is 1. The molecule has 0 amide bonds. The van der Waals surface area contributed by atoms with Crippen molar-refractivity contribution in [1.29, 1.82) is 0 Å². The van der Waals surface area contributed by atoms with Crippen LogP contribution in [0.4, 0.5) is 0 Å². The Morgan fingerprint density at radius 1 is 0.917 bits per heavy atom. The molecule has 2 aliphatic rings. The summed E-state index contributed by atoms with van der Waals surface area (Å²) >= 11 is 0. The largest absolute Gasteiger partial charge is 0.294 e. The average Bonchev–Trinajstić information content (AvgIpc) is 3.15. The van der Waals surface area contributed by atoms with E-state index in [1.165, 1.54) is 63.8 Å². The summed E-state index contributed by atoms with van der Waals surface area (Å²) < 4.78 is 0. The quantitative estimate of drug-likeness (QED) is 0.700. The van der Waals surface area contributed by atoms with Crippen molar-refractivity contribution in [2.75, 3.05) is 26.2 Å². The van der Waals surface area contributed by atoms with Gasteiger partial charge in [0.15, 0.2) is 0 Å². The van der Waals surface area contributed by atoms with Gasteiger partial charge < -0.3 is 0 Å². The number of hydrogen-bond acceptors (Lipinski definition) is 2. The Labute approximate surface area is 148 Å². The summed E-state index contributed by atoms with van der Waals surface area (Å²) in [6, 6.07) is 11.6. The number of piperidine rings is 1. The molecule has 1 unspecified atom stereocenters. The van der Waals surface area contributed by atoms with Crippen molar-refractivity contribution in [2.45, 2.75) is 64.5 Å². The van der Waals surface area contributed by atoms with Crippen LogP contribution in [0, 0.1) is 0 Å². The van der Waals surface area contributed by atoms with Gasteiger partial charge in [-0.3, -0.25) is 9.80 Å². The highest BCUT2D eigenvalue weighted by Gasteiger charge is 2.38. The first kappa shape index (κ1) is 17.7. The van der Waals surface area contributed by atoms with Gasteiger partial charge in [-0.1, -0.05) is 42.8 Å². The van der Waals surface area contributed by atoms with E-state index in [0.29, 0.717) is 6.04 Å². The third-order valence-corrected chi connectivity index (χ3v) is 6.08. The molecule has 0 aromatic heterocycles. The van der Waals surface area contributed by atoms with E-state index in [1.54, 1.807) is 5.57 Å². The Hall–Kier alpha value is -1.12. The zero-order valence-corrected chi connectivity index (χ0v) is 15.8. The van der Waals surface area contributed by atoms with Crippen LogP contribution in [0.1, 0.15) is 64.5 Å². The zero-order valence-electron chi connectivity index (χ0n) is 15.8. The Morgan fingerprint density at radius 2 is 1.50 bits per heavy atom. The van der Waals surface area contributed by atoms with Crippen molar-refractivity contribution in [3.63, 3.8) is 0 Å². The fraction of sp³-hybridized carbons (Fsp3) is 0.636. The number of hydrogen-bond donors (Lipinski definition) is 0. The highest BCUT2D eigenvalue weighted by molar-refractivity contribution is 5.34. The molecule has 1 aromatic carbocycles. The monoisotopic (exact) mass is 326 g/mol. The van der Waals surface area contributed by atoms with Crippen molar-refractivity contribution >= 4 is 0 Å². The third-order valence-electron chi connectivity index (χ3n) is 6.08. The van der Waals surface area contributed by atoms with E-state index < -0.39 is 0 Å². The molecule has 1 aromatic rings. The van der Waals surface area contributed by atoms with E-state index in [1.807, 2.05) is 0 Å². The summed E-state index contributed by atoms with van der Waals surface area (Å²) in [5.41, 5.74) is 3.16. The molecule has 1 atom stereocenters. The molecule has 2 nitrogen and oxygen atoms in total. The normalized spacial score (nSPS) is 22.7. The Kier molecular flexibility index (Phi) is 5.78. The average molecular weight is 327 g/mol. The van der Waals surface area contributed by atoms with E-state index in [4.69, 9.17) is 0 Å². The summed E-state index contributed by atoms with van der Waals surface area (Å²) in [4.78, 5) is 5.42. The Morgan fingerprint density at radius 3 is 2.08 bits per heavy atom. The highest BCUT2D eigenvalue weighted by atomic mass is 15.2. The standard InChI is InChI=1S/C22H34N2/c1-4-20(22(2,3)24-17-9-6-10-18-24)21(23-15-11-12-16-23)19-13-7-5-8-14-19/h4-5,7-8,13-14,21H,6,9-12,15-18H2,1-3H3/b20-4-. The Bertz CT molecular complexity index is 534. The van der Waals surface area contributed by atoms with Gasteiger partial charge in [-0.15, -0.1) is 0 Å². The van der Waals surface area contributed by atoms with Gasteiger partial charge in [0.2, 0.25) is 0 Å². The molecule has 24 heavy (non-hydrogen) atoms. The molecule has 2 fully saturated rings. The van der Waals surface area contributed by atoms with Crippen molar-refractivity contribution in [2.24, 2.45) is 0 Å². The molecular weight excluding hydrogens is 292 g/mol. The molecule has 2 aliphatic heterocycles. The van der Waals surface area contributed by atoms with Crippen LogP contribution in [0.2, 0.25) is 0 Å². The lowest BCUT2D eigenvalue weighted by Gasteiger charge is -2.46. The van der Waals surface area contributed by atoms with Gasteiger partial charge in [0, 0.05) is 5.54 Å². The van der Waals surface area contributed by atoms with Crippen LogP contribution in [-0.2, 0) is 0 Å². The van der Waals surface area contributed by atoms with E-state index in [9.17, 15) is 0 Å². The second kappa shape index (κ2) is 7.84. The minimum absolute atomic E-state index is 0.123. The molecular formula is C22H34N2. The van der Waals surface area contributed by atoms with Gasteiger partial charge in [0.25, 0.3) is 0 Å². The molecule has 0 aliphatic carbocycles. The predicted molar refractivity (Wildman–Crippen MR) is 103 cm³/mol. The first-order valence-corrected chi connectivity index (χ1v) is 9.85. The SMILES string of the molecule is C/C=C(/C(c1ccccc1)N1CCCC1)C(C)(C)N1CCCCC1. The van der Waals surface area contributed by atoms with Gasteiger partial charge in [-0.05, 0) is 83.8 Å². The van der Waals surface area contributed by atoms with Crippen LogP contribution in [-0.4, -0.2) is 41.5 Å². The topological polar surface area (TPSA) is 6.48 Å². The molecule has 0 bridgehead atoms. The van der Waals surface area contributed by atoms with E-state index in [2.05, 4.69) is 67.0 Å². The maximum absolute atomic E-state index is 2.72. The highest BCUT2D eigenvalue weighted by Crippen LogP contribution is 2.40. The molecule has 0 spiro atoms. The maximum Gasteiger partial charge on any atom is 0.0578 e. The second-order valence-corrected chi connectivity index (χ2v) is 7.91. The summed E-state index contributed by atoms with van der Waals surface area (Å²) in [5.74, 6) is 0. The van der Waals surface area contributed by atoms with E-state index in [0.717, 1.165) is 0 Å². The number of nitrogens with zero attached hydrogens (tertiary/aromatic N) is 2. The van der Waals surface area contributed by atoms with Gasteiger partial charge in [-0.25, -0.2) is 0 Å². The maximum atomic E-state index is 2.72. The molecule has 3 rings (SSSR count). The fourth-order valence-corrected chi connectivity index (χ4v) is 4.70. The lowest BCUT2D eigenvalue weighted by molar-refractivity contribution is 0.105. The van der Waals surface area contributed by atoms with Crippen molar-refractivity contribution in [3.8, 4) is 0 Å². The van der Waals surface area contributed by atoms with E-state index >= 15 is 0 Å². The summed E-state index contributed by atoms with van der Waals surface area (Å²) in [6.45, 7) is 12.1. The number of rotatable bonds is 5. The van der Waals surface area contributed by atoms with Gasteiger partial charge in [0.05, 0.1) is 6.04 Å². The second-order valence-electron chi connectivity index (χ2n) is 7.91. The van der Waals surface area contributed by atoms with Crippen molar-refractivity contribution in [1.82, 2.24) is 9.80 Å². The third kappa shape index (κ3) is 3.60. The first-order chi connectivity index (χ1) is 11.6. The van der Waals surface area contributed by atoms with Gasteiger partial charge in [0.1, 0.15) is 0 Å². The fourth-order valence-electron chi connectivity index (χ4n) is 4.70. The summed E-state index contributed by atoms with van der Waals surface area (Å²) in [7, 11) is 0. The lowest BCUT2D eigenvalue weighted by Crippen LogP contribution is -2.50. The van der Waals surface area contributed by atoms with E-state index in [-0.39, 0.29) is 5.54 Å². The first-order valence-electron chi connectivity index (χ1n) is 9.85. The van der Waals surface area contributed by atoms with Crippen LogP contribution in [0.15, 0.2) is 42.0 Å². The van der Waals surface area contributed by atoms with Gasteiger partial charge in [-0.2, -0.15) is 0 Å². The van der Waals surface area contributed by atoms with Crippen LogP contribution in [0.5, 0.6) is 0 Å². The molecule has 2 saturated heterocycles. The molecule has 0 N–H and O–H groups in total. The lowest BCUT2D eigenvalue weighted by atomic mass is 9.81. The van der Waals surface area contributed by atoms with Crippen LogP contribution in [0.25, 0.3) is 0 Å².